The molecule has 0 aromatic rings. The van der Waals surface area contributed by atoms with E-state index in [4.69, 9.17) is 18.9 Å². The summed E-state index contributed by atoms with van der Waals surface area (Å²) in [5.74, 6) is 0.0132. The topological polar surface area (TPSA) is 105 Å². The lowest BCUT2D eigenvalue weighted by molar-refractivity contribution is -0.154. The van der Waals surface area contributed by atoms with Crippen molar-refractivity contribution in [2.24, 2.45) is 0 Å². The zero-order valence-electron chi connectivity index (χ0n) is 44.3. The standard InChI is InChI=1S/C17H32O2.C15H28O2.C14H26O2.C12H22O2/c1-2-3-4-5-6-7-8-9-10-11-12-13-16-14-15-17(18)19-16;1-2-3-4-5-6-7-8-9-10-11-14-12-13-15(16)17-14;1-3-4-5-6-7-8-9-11-14(2)12-10-13(15)16-14;1-2-3-4-5-6-8-11-9-7-10-12(13)14-11/h16H,2-15H2,1H3;14H,2-13H2,1H3;3-12H2,1-2H3;11H,2-10H2,1H3. The highest BCUT2D eigenvalue weighted by atomic mass is 16.6. The molecule has 4 unspecified atom stereocenters. The van der Waals surface area contributed by atoms with Crippen LogP contribution in [0.15, 0.2) is 0 Å². The summed E-state index contributed by atoms with van der Waals surface area (Å²) in [6.45, 7) is 11.1. The Balaban J connectivity index is 0.000000442. The Hall–Kier alpha value is -2.12. The number of esters is 4. The van der Waals surface area contributed by atoms with Crippen molar-refractivity contribution in [3.63, 3.8) is 0 Å². The maximum Gasteiger partial charge on any atom is 0.306 e. The minimum Gasteiger partial charge on any atom is -0.462 e. The van der Waals surface area contributed by atoms with Gasteiger partial charge in [0.15, 0.2) is 0 Å². The second-order valence-electron chi connectivity index (χ2n) is 20.7. The monoisotopic (exact) mass is 933 g/mol. The molecule has 0 saturated carbocycles. The van der Waals surface area contributed by atoms with Gasteiger partial charge in [0.2, 0.25) is 0 Å². The number of rotatable bonds is 36. The van der Waals surface area contributed by atoms with Crippen LogP contribution in [0.25, 0.3) is 0 Å². The van der Waals surface area contributed by atoms with Crippen LogP contribution in [0.3, 0.4) is 0 Å². The molecular weight excluding hydrogens is 825 g/mol. The van der Waals surface area contributed by atoms with Gasteiger partial charge in [0.1, 0.15) is 23.9 Å². The zero-order chi connectivity index (χ0) is 48.2. The number of carbonyl (C=O) groups excluding carboxylic acids is 4. The highest BCUT2D eigenvalue weighted by Gasteiger charge is 2.34. The molecule has 0 spiro atoms. The van der Waals surface area contributed by atoms with Crippen LogP contribution in [-0.4, -0.2) is 47.8 Å². The molecule has 0 aliphatic carbocycles. The molecule has 0 amide bonds. The summed E-state index contributed by atoms with van der Waals surface area (Å²) in [5.41, 5.74) is -0.138. The van der Waals surface area contributed by atoms with Gasteiger partial charge in [0, 0.05) is 25.7 Å². The summed E-state index contributed by atoms with van der Waals surface area (Å²) < 4.78 is 21.0. The van der Waals surface area contributed by atoms with Crippen LogP contribution in [0, 0.1) is 0 Å². The molecule has 388 valence electrons. The van der Waals surface area contributed by atoms with E-state index in [1.807, 2.05) is 0 Å². The summed E-state index contributed by atoms with van der Waals surface area (Å²) >= 11 is 0. The lowest BCUT2D eigenvalue weighted by atomic mass is 9.95. The third-order valence-electron chi connectivity index (χ3n) is 14.1. The highest BCUT2D eigenvalue weighted by Crippen LogP contribution is 2.31. The Kier molecular flexibility index (Phi) is 41.4. The van der Waals surface area contributed by atoms with Gasteiger partial charge in [-0.05, 0) is 90.4 Å². The predicted octanol–water partition coefficient (Wildman–Crippen LogP) is 17.7. The van der Waals surface area contributed by atoms with E-state index in [-0.39, 0.29) is 47.8 Å². The summed E-state index contributed by atoms with van der Waals surface area (Å²) in [7, 11) is 0. The second-order valence-corrected chi connectivity index (χ2v) is 20.7. The van der Waals surface area contributed by atoms with Crippen molar-refractivity contribution in [3.8, 4) is 0 Å². The quantitative estimate of drug-likeness (QED) is 0.0347. The SMILES string of the molecule is CCCCCCCC1CCCC(=O)O1.CCCCCCCCCC1(C)CCC(=O)O1.CCCCCCCCCCCC1CCC(=O)O1.CCCCCCCCCCCCCC1CCC(=O)O1. The molecular formula is C58H108O8. The van der Waals surface area contributed by atoms with Crippen molar-refractivity contribution < 1.29 is 38.1 Å². The van der Waals surface area contributed by atoms with E-state index in [0.29, 0.717) is 25.7 Å². The van der Waals surface area contributed by atoms with E-state index < -0.39 is 0 Å². The van der Waals surface area contributed by atoms with E-state index in [0.717, 1.165) is 57.8 Å². The first kappa shape index (κ1) is 61.9. The second kappa shape index (κ2) is 44.1. The van der Waals surface area contributed by atoms with E-state index >= 15 is 0 Å². The molecule has 66 heavy (non-hydrogen) atoms. The van der Waals surface area contributed by atoms with Crippen LogP contribution in [-0.2, 0) is 38.1 Å². The van der Waals surface area contributed by atoms with E-state index in [1.165, 1.54) is 205 Å². The van der Waals surface area contributed by atoms with Gasteiger partial charge in [0.25, 0.3) is 0 Å². The van der Waals surface area contributed by atoms with Crippen molar-refractivity contribution in [1.82, 2.24) is 0 Å². The Morgan fingerprint density at radius 3 is 0.970 bits per heavy atom. The van der Waals surface area contributed by atoms with Crippen molar-refractivity contribution in [1.29, 1.82) is 0 Å². The lowest BCUT2D eigenvalue weighted by Gasteiger charge is -2.22. The number of cyclic esters (lactones) is 4. The fourth-order valence-corrected chi connectivity index (χ4v) is 9.62. The Morgan fingerprint density at radius 2 is 0.667 bits per heavy atom. The van der Waals surface area contributed by atoms with Crippen molar-refractivity contribution >= 4 is 23.9 Å². The van der Waals surface area contributed by atoms with Crippen LogP contribution < -0.4 is 0 Å². The molecule has 4 rings (SSSR count). The smallest absolute Gasteiger partial charge is 0.306 e. The largest absolute Gasteiger partial charge is 0.462 e. The average molecular weight is 933 g/mol. The van der Waals surface area contributed by atoms with Crippen LogP contribution in [0.4, 0.5) is 0 Å². The average Bonchev–Trinajstić information content (AvgIpc) is 4.03. The normalized spacial score (nSPS) is 21.1. The third kappa shape index (κ3) is 37.8. The maximum absolute atomic E-state index is 11.0. The Morgan fingerprint density at radius 1 is 0.364 bits per heavy atom. The number of unbranched alkanes of at least 4 members (excludes halogenated alkanes) is 28. The van der Waals surface area contributed by atoms with Crippen molar-refractivity contribution in [2.75, 3.05) is 0 Å². The van der Waals surface area contributed by atoms with Gasteiger partial charge < -0.3 is 18.9 Å². The van der Waals surface area contributed by atoms with Crippen LogP contribution in [0.1, 0.15) is 324 Å². The van der Waals surface area contributed by atoms with Crippen LogP contribution in [0.2, 0.25) is 0 Å². The van der Waals surface area contributed by atoms with Crippen molar-refractivity contribution in [2.45, 2.75) is 347 Å². The minimum atomic E-state index is -0.138. The molecule has 4 saturated heterocycles. The van der Waals surface area contributed by atoms with E-state index in [9.17, 15) is 19.2 Å². The summed E-state index contributed by atoms with van der Waals surface area (Å²) in [4.78, 5) is 43.9. The molecule has 0 aromatic heterocycles. The molecule has 4 aliphatic heterocycles. The minimum absolute atomic E-state index is 0.00549. The first-order chi connectivity index (χ1) is 32.1. The molecule has 0 bridgehead atoms. The first-order valence-corrected chi connectivity index (χ1v) is 28.9. The zero-order valence-corrected chi connectivity index (χ0v) is 44.3. The first-order valence-electron chi connectivity index (χ1n) is 28.9. The highest BCUT2D eigenvalue weighted by molar-refractivity contribution is 5.72. The van der Waals surface area contributed by atoms with Crippen LogP contribution in [0.5, 0.6) is 0 Å². The molecule has 0 radical (unpaired) electrons. The third-order valence-corrected chi connectivity index (χ3v) is 14.1. The molecule has 8 heteroatoms. The number of hydrogen-bond donors (Lipinski definition) is 0. The van der Waals surface area contributed by atoms with Gasteiger partial charge in [-0.15, -0.1) is 0 Å². The number of hydrogen-bond acceptors (Lipinski definition) is 8. The fourth-order valence-electron chi connectivity index (χ4n) is 9.62. The molecule has 8 nitrogen and oxygen atoms in total. The molecule has 0 N–H and O–H groups in total. The molecule has 4 heterocycles. The van der Waals surface area contributed by atoms with Gasteiger partial charge in [-0.3, -0.25) is 19.2 Å². The van der Waals surface area contributed by atoms with Gasteiger partial charge in [-0.2, -0.15) is 0 Å². The van der Waals surface area contributed by atoms with E-state index in [2.05, 4.69) is 34.6 Å². The molecule has 0 aromatic carbocycles. The number of carbonyl (C=O) groups is 4. The summed E-state index contributed by atoms with van der Waals surface area (Å²) in [6.07, 6.45) is 55.6. The van der Waals surface area contributed by atoms with Crippen LogP contribution >= 0.6 is 0 Å². The summed E-state index contributed by atoms with van der Waals surface area (Å²) in [5, 5.41) is 0. The van der Waals surface area contributed by atoms with Gasteiger partial charge in [-0.1, -0.05) is 207 Å². The fraction of sp³-hybridized carbons (Fsp3) is 0.931. The van der Waals surface area contributed by atoms with Gasteiger partial charge >= 0.3 is 23.9 Å². The molecule has 4 fully saturated rings. The predicted molar refractivity (Wildman–Crippen MR) is 275 cm³/mol. The maximum atomic E-state index is 11.0. The van der Waals surface area contributed by atoms with E-state index in [1.54, 1.807) is 0 Å². The molecule has 4 aliphatic rings. The Labute approximate surface area is 408 Å². The van der Waals surface area contributed by atoms with Gasteiger partial charge in [-0.25, -0.2) is 0 Å². The van der Waals surface area contributed by atoms with Crippen molar-refractivity contribution in [3.05, 3.63) is 0 Å². The number of ether oxygens (including phenoxy) is 4. The summed E-state index contributed by atoms with van der Waals surface area (Å²) in [6, 6.07) is 0. The van der Waals surface area contributed by atoms with Gasteiger partial charge in [0.05, 0.1) is 0 Å². The lowest BCUT2D eigenvalue weighted by Crippen LogP contribution is -2.23. The molecule has 4 atom stereocenters. The Bertz CT molecular complexity index is 1160.